The molecular formula is C11H15BrN2O3. The number of H-pyrrole nitrogens is 1. The Labute approximate surface area is 108 Å². The lowest BCUT2D eigenvalue weighted by molar-refractivity contribution is -0.147. The number of carboxylic acids is 1. The molecule has 1 unspecified atom stereocenters. The maximum absolute atomic E-state index is 11.7. The Morgan fingerprint density at radius 2 is 2.24 bits per heavy atom. The van der Waals surface area contributed by atoms with E-state index in [1.54, 1.807) is 26.1 Å². The lowest BCUT2D eigenvalue weighted by Crippen LogP contribution is -2.40. The summed E-state index contributed by atoms with van der Waals surface area (Å²) < 4.78 is 0.777. The van der Waals surface area contributed by atoms with Crippen LogP contribution in [0.1, 0.15) is 30.8 Å². The number of aromatic nitrogens is 1. The van der Waals surface area contributed by atoms with Gasteiger partial charge in [0.2, 0.25) is 0 Å². The molecule has 1 heterocycles. The summed E-state index contributed by atoms with van der Waals surface area (Å²) in [5, 5.41) is 11.7. The summed E-state index contributed by atoms with van der Waals surface area (Å²) in [6.07, 6.45) is 2.10. The molecule has 5 nitrogen and oxygen atoms in total. The van der Waals surface area contributed by atoms with Crippen molar-refractivity contribution in [2.75, 3.05) is 6.54 Å². The fourth-order valence-corrected chi connectivity index (χ4v) is 1.56. The highest BCUT2D eigenvalue weighted by atomic mass is 79.9. The molecule has 0 fully saturated rings. The van der Waals surface area contributed by atoms with Crippen LogP contribution < -0.4 is 5.32 Å². The fraction of sp³-hybridized carbons (Fsp3) is 0.455. The van der Waals surface area contributed by atoms with Gasteiger partial charge in [0.1, 0.15) is 5.69 Å². The second-order valence-corrected chi connectivity index (χ2v) is 5.05. The monoisotopic (exact) mass is 302 g/mol. The van der Waals surface area contributed by atoms with Gasteiger partial charge in [0.05, 0.1) is 5.41 Å². The van der Waals surface area contributed by atoms with Gasteiger partial charge >= 0.3 is 5.97 Å². The van der Waals surface area contributed by atoms with E-state index in [0.29, 0.717) is 12.1 Å². The second kappa shape index (κ2) is 5.35. The van der Waals surface area contributed by atoms with Gasteiger partial charge in [0.25, 0.3) is 5.91 Å². The first-order chi connectivity index (χ1) is 7.89. The van der Waals surface area contributed by atoms with E-state index in [9.17, 15) is 9.59 Å². The average molecular weight is 303 g/mol. The van der Waals surface area contributed by atoms with Crippen LogP contribution in [-0.4, -0.2) is 28.5 Å². The van der Waals surface area contributed by atoms with Crippen molar-refractivity contribution in [3.8, 4) is 0 Å². The summed E-state index contributed by atoms with van der Waals surface area (Å²) in [5.74, 6) is -1.22. The first kappa shape index (κ1) is 13.8. The number of carbonyl (C=O) groups is 2. The van der Waals surface area contributed by atoms with Gasteiger partial charge in [0.15, 0.2) is 0 Å². The maximum Gasteiger partial charge on any atom is 0.311 e. The number of nitrogens with one attached hydrogen (secondary N) is 2. The first-order valence-corrected chi connectivity index (χ1v) is 6.04. The van der Waals surface area contributed by atoms with Crippen LogP contribution in [0.2, 0.25) is 0 Å². The fourth-order valence-electron chi connectivity index (χ4n) is 1.22. The van der Waals surface area contributed by atoms with Crippen LogP contribution in [0, 0.1) is 5.41 Å². The van der Waals surface area contributed by atoms with E-state index in [0.717, 1.165) is 4.47 Å². The van der Waals surface area contributed by atoms with Gasteiger partial charge in [-0.3, -0.25) is 9.59 Å². The average Bonchev–Trinajstić information content (AvgIpc) is 2.72. The van der Waals surface area contributed by atoms with Gasteiger partial charge in [-0.15, -0.1) is 0 Å². The molecule has 1 rings (SSSR count). The third-order valence-corrected chi connectivity index (χ3v) is 3.29. The molecule has 1 amide bonds. The Morgan fingerprint density at radius 3 is 2.65 bits per heavy atom. The van der Waals surface area contributed by atoms with Gasteiger partial charge in [-0.1, -0.05) is 6.92 Å². The van der Waals surface area contributed by atoms with Crippen LogP contribution >= 0.6 is 15.9 Å². The number of rotatable bonds is 5. The summed E-state index contributed by atoms with van der Waals surface area (Å²) >= 11 is 3.22. The molecule has 0 spiro atoms. The highest BCUT2D eigenvalue weighted by Gasteiger charge is 2.31. The van der Waals surface area contributed by atoms with Crippen LogP contribution in [0.3, 0.4) is 0 Å². The maximum atomic E-state index is 11.7. The van der Waals surface area contributed by atoms with Crippen molar-refractivity contribution in [3.05, 3.63) is 22.4 Å². The number of aliphatic carboxylic acids is 1. The number of hydrogen-bond acceptors (Lipinski definition) is 2. The van der Waals surface area contributed by atoms with E-state index in [2.05, 4.69) is 26.2 Å². The lowest BCUT2D eigenvalue weighted by atomic mass is 9.88. The van der Waals surface area contributed by atoms with Gasteiger partial charge in [0, 0.05) is 17.2 Å². The van der Waals surface area contributed by atoms with Crippen molar-refractivity contribution in [3.63, 3.8) is 0 Å². The Hall–Kier alpha value is -1.30. The molecule has 0 aliphatic carbocycles. The summed E-state index contributed by atoms with van der Waals surface area (Å²) in [5.41, 5.74) is -0.528. The van der Waals surface area contributed by atoms with E-state index in [4.69, 9.17) is 5.11 Å². The van der Waals surface area contributed by atoms with Crippen LogP contribution in [0.4, 0.5) is 0 Å². The molecular weight excluding hydrogens is 288 g/mol. The minimum atomic E-state index is -0.931. The molecule has 0 saturated carbocycles. The molecule has 1 aromatic rings. The van der Waals surface area contributed by atoms with Crippen LogP contribution in [0.25, 0.3) is 0 Å². The lowest BCUT2D eigenvalue weighted by Gasteiger charge is -2.22. The molecule has 0 bridgehead atoms. The van der Waals surface area contributed by atoms with Gasteiger partial charge in [-0.25, -0.2) is 0 Å². The van der Waals surface area contributed by atoms with Gasteiger partial charge < -0.3 is 15.4 Å². The summed E-state index contributed by atoms with van der Waals surface area (Å²) in [6.45, 7) is 3.50. The molecule has 0 aliphatic rings. The van der Waals surface area contributed by atoms with Crippen molar-refractivity contribution in [1.82, 2.24) is 10.3 Å². The molecule has 1 atom stereocenters. The summed E-state index contributed by atoms with van der Waals surface area (Å²) in [6, 6.07) is 1.64. The number of carboxylic acid groups (broad SMARTS) is 1. The van der Waals surface area contributed by atoms with Crippen molar-refractivity contribution >= 4 is 27.8 Å². The van der Waals surface area contributed by atoms with Gasteiger partial charge in [-0.2, -0.15) is 0 Å². The van der Waals surface area contributed by atoms with E-state index < -0.39 is 11.4 Å². The summed E-state index contributed by atoms with van der Waals surface area (Å²) in [7, 11) is 0. The third kappa shape index (κ3) is 3.33. The first-order valence-electron chi connectivity index (χ1n) is 5.24. The van der Waals surface area contributed by atoms with Gasteiger partial charge in [-0.05, 0) is 35.3 Å². The summed E-state index contributed by atoms with van der Waals surface area (Å²) in [4.78, 5) is 25.5. The standard InChI is InChI=1S/C11H15BrN2O3/c1-3-11(2,10(16)17)6-14-9(15)8-4-7(12)5-13-8/h4-5,13H,3,6H2,1-2H3,(H,14,15)(H,16,17). The Kier molecular flexibility index (Phi) is 4.34. The van der Waals surface area contributed by atoms with E-state index in [1.165, 1.54) is 0 Å². The zero-order chi connectivity index (χ0) is 13.1. The molecule has 0 saturated heterocycles. The van der Waals surface area contributed by atoms with E-state index >= 15 is 0 Å². The second-order valence-electron chi connectivity index (χ2n) is 4.13. The predicted molar refractivity (Wildman–Crippen MR) is 66.9 cm³/mol. The predicted octanol–water partition coefficient (Wildman–Crippen LogP) is 2.01. The van der Waals surface area contributed by atoms with Crippen molar-refractivity contribution in [2.45, 2.75) is 20.3 Å². The number of aromatic amines is 1. The Balaban J connectivity index is 2.62. The largest absolute Gasteiger partial charge is 0.481 e. The third-order valence-electron chi connectivity index (χ3n) is 2.83. The minimum Gasteiger partial charge on any atom is -0.481 e. The van der Waals surface area contributed by atoms with Crippen molar-refractivity contribution in [1.29, 1.82) is 0 Å². The molecule has 0 aliphatic heterocycles. The quantitative estimate of drug-likeness (QED) is 0.778. The molecule has 94 valence electrons. The zero-order valence-electron chi connectivity index (χ0n) is 9.71. The Bertz CT molecular complexity index is 430. The highest BCUT2D eigenvalue weighted by Crippen LogP contribution is 2.20. The van der Waals surface area contributed by atoms with Crippen molar-refractivity contribution in [2.24, 2.45) is 5.41 Å². The van der Waals surface area contributed by atoms with Crippen LogP contribution in [-0.2, 0) is 4.79 Å². The van der Waals surface area contributed by atoms with E-state index in [-0.39, 0.29) is 12.5 Å². The number of hydrogen-bond donors (Lipinski definition) is 3. The number of amides is 1. The Morgan fingerprint density at radius 1 is 1.59 bits per heavy atom. The molecule has 6 heteroatoms. The normalized spacial score (nSPS) is 14.1. The molecule has 17 heavy (non-hydrogen) atoms. The van der Waals surface area contributed by atoms with Crippen LogP contribution in [0.5, 0.6) is 0 Å². The molecule has 0 radical (unpaired) electrons. The number of carbonyl (C=O) groups excluding carboxylic acids is 1. The van der Waals surface area contributed by atoms with Crippen LogP contribution in [0.15, 0.2) is 16.7 Å². The smallest absolute Gasteiger partial charge is 0.311 e. The molecule has 1 aromatic heterocycles. The molecule has 3 N–H and O–H groups in total. The number of halogens is 1. The molecule has 0 aromatic carbocycles. The zero-order valence-corrected chi connectivity index (χ0v) is 11.3. The van der Waals surface area contributed by atoms with Crippen molar-refractivity contribution < 1.29 is 14.7 Å². The minimum absolute atomic E-state index is 0.105. The topological polar surface area (TPSA) is 82.2 Å². The highest BCUT2D eigenvalue weighted by molar-refractivity contribution is 9.10. The SMILES string of the molecule is CCC(C)(CNC(=O)c1cc(Br)c[nH]1)C(=O)O. The van der Waals surface area contributed by atoms with E-state index in [1.807, 2.05) is 0 Å².